The molecule has 1 aliphatic carbocycles. The number of aromatic nitrogens is 1. The van der Waals surface area contributed by atoms with Gasteiger partial charge in [0, 0.05) is 37.9 Å². The summed E-state index contributed by atoms with van der Waals surface area (Å²) < 4.78 is 0. The molecule has 2 aliphatic rings. The van der Waals surface area contributed by atoms with E-state index in [0.29, 0.717) is 12.6 Å². The zero-order valence-electron chi connectivity index (χ0n) is 15.7. The molecule has 3 rings (SSSR count). The summed E-state index contributed by atoms with van der Waals surface area (Å²) in [7, 11) is 0. The van der Waals surface area contributed by atoms with E-state index in [4.69, 9.17) is 0 Å². The van der Waals surface area contributed by atoms with Crippen LogP contribution >= 0.6 is 0 Å². The Bertz CT molecular complexity index is 691. The van der Waals surface area contributed by atoms with E-state index in [1.165, 1.54) is 0 Å². The van der Waals surface area contributed by atoms with Crippen LogP contribution in [0.4, 0.5) is 4.79 Å². The molecule has 0 radical (unpaired) electrons. The van der Waals surface area contributed by atoms with E-state index >= 15 is 0 Å². The summed E-state index contributed by atoms with van der Waals surface area (Å²) in [6.45, 7) is 6.23. The highest BCUT2D eigenvalue weighted by molar-refractivity contribution is 5.65. The van der Waals surface area contributed by atoms with Crippen molar-refractivity contribution in [3.63, 3.8) is 0 Å². The van der Waals surface area contributed by atoms with Gasteiger partial charge >= 0.3 is 6.09 Å². The number of hydrogen-bond acceptors (Lipinski definition) is 4. The van der Waals surface area contributed by atoms with Crippen molar-refractivity contribution in [2.75, 3.05) is 19.6 Å². The maximum absolute atomic E-state index is 11.4. The van der Waals surface area contributed by atoms with Crippen LogP contribution in [-0.4, -0.2) is 57.7 Å². The first-order valence-electron chi connectivity index (χ1n) is 9.57. The maximum Gasteiger partial charge on any atom is 0.407 e. The van der Waals surface area contributed by atoms with Gasteiger partial charge in [-0.15, -0.1) is 0 Å². The quantitative estimate of drug-likeness (QED) is 0.896. The molecule has 0 spiro atoms. The van der Waals surface area contributed by atoms with Gasteiger partial charge in [0.15, 0.2) is 0 Å². The van der Waals surface area contributed by atoms with Crippen LogP contribution in [0.15, 0.2) is 18.3 Å². The number of amides is 1. The fourth-order valence-electron chi connectivity index (χ4n) is 4.59. The predicted molar refractivity (Wildman–Crippen MR) is 98.9 cm³/mol. The molecule has 1 aromatic heterocycles. The number of nitriles is 1. The smallest absolute Gasteiger partial charge is 0.407 e. The summed E-state index contributed by atoms with van der Waals surface area (Å²) in [5.41, 5.74) is 1.57. The Morgan fingerprint density at radius 3 is 2.77 bits per heavy atom. The third-order valence-electron chi connectivity index (χ3n) is 6.17. The molecular formula is C20H28N4O2. The Kier molecular flexibility index (Phi) is 5.47. The Hall–Kier alpha value is -2.13. The number of pyridine rings is 1. The molecular weight excluding hydrogens is 328 g/mol. The van der Waals surface area contributed by atoms with Crippen molar-refractivity contribution in [3.05, 3.63) is 29.6 Å². The van der Waals surface area contributed by atoms with Crippen LogP contribution in [0.3, 0.4) is 0 Å². The molecule has 1 aromatic rings. The number of rotatable bonds is 4. The first kappa shape index (κ1) is 18.7. The van der Waals surface area contributed by atoms with E-state index in [2.05, 4.69) is 16.0 Å². The van der Waals surface area contributed by atoms with E-state index in [-0.39, 0.29) is 6.04 Å². The van der Waals surface area contributed by atoms with Gasteiger partial charge in [0.25, 0.3) is 0 Å². The van der Waals surface area contributed by atoms with Crippen molar-refractivity contribution >= 4 is 6.09 Å². The molecule has 1 amide bonds. The van der Waals surface area contributed by atoms with E-state index in [0.717, 1.165) is 56.5 Å². The molecule has 0 unspecified atom stereocenters. The zero-order valence-corrected chi connectivity index (χ0v) is 15.7. The standard InChI is InChI=1S/C20H28N4O2/c1-3-24(19(25)26)17-7-11-23(13-17)16-4-8-20(14-21,9-5-16)18-12-15(2)6-10-22-18/h6,10,12,16-17H,3-5,7-9,11,13H2,1-2H3,(H,25,26)/t16?,17-,20?/m1/s1. The topological polar surface area (TPSA) is 80.5 Å². The van der Waals surface area contributed by atoms with Gasteiger partial charge in [-0.1, -0.05) is 0 Å². The number of likely N-dealkylation sites (tertiary alicyclic amines) is 1. The van der Waals surface area contributed by atoms with Crippen LogP contribution in [0.1, 0.15) is 50.3 Å². The third-order valence-corrected chi connectivity index (χ3v) is 6.17. The Morgan fingerprint density at radius 1 is 1.46 bits per heavy atom. The normalized spacial score (nSPS) is 29.3. The molecule has 6 nitrogen and oxygen atoms in total. The monoisotopic (exact) mass is 356 g/mol. The van der Waals surface area contributed by atoms with E-state index in [1.54, 1.807) is 11.1 Å². The highest BCUT2D eigenvalue weighted by Gasteiger charge is 2.41. The van der Waals surface area contributed by atoms with Gasteiger partial charge in [0.05, 0.1) is 17.2 Å². The van der Waals surface area contributed by atoms with Gasteiger partial charge in [-0.25, -0.2) is 4.79 Å². The van der Waals surface area contributed by atoms with E-state index < -0.39 is 11.5 Å². The van der Waals surface area contributed by atoms with Gasteiger partial charge in [-0.2, -0.15) is 5.26 Å². The number of nitrogens with zero attached hydrogens (tertiary/aromatic N) is 4. The van der Waals surface area contributed by atoms with Crippen LogP contribution in [0.5, 0.6) is 0 Å². The molecule has 0 aromatic carbocycles. The molecule has 2 fully saturated rings. The second-order valence-electron chi connectivity index (χ2n) is 7.65. The average molecular weight is 356 g/mol. The third kappa shape index (κ3) is 3.54. The number of aryl methyl sites for hydroxylation is 1. The lowest BCUT2D eigenvalue weighted by Crippen LogP contribution is -2.44. The second kappa shape index (κ2) is 7.63. The van der Waals surface area contributed by atoms with Crippen molar-refractivity contribution in [2.24, 2.45) is 0 Å². The fourth-order valence-corrected chi connectivity index (χ4v) is 4.59. The molecule has 1 saturated carbocycles. The summed E-state index contributed by atoms with van der Waals surface area (Å²) in [5, 5.41) is 19.2. The van der Waals surface area contributed by atoms with Crippen LogP contribution in [0.2, 0.25) is 0 Å². The van der Waals surface area contributed by atoms with Crippen LogP contribution in [0, 0.1) is 18.3 Å². The lowest BCUT2D eigenvalue weighted by molar-refractivity contribution is 0.118. The molecule has 1 saturated heterocycles. The van der Waals surface area contributed by atoms with E-state index in [1.807, 2.05) is 26.0 Å². The molecule has 26 heavy (non-hydrogen) atoms. The molecule has 2 heterocycles. The van der Waals surface area contributed by atoms with Gasteiger partial charge in [-0.05, 0) is 63.6 Å². The highest BCUT2D eigenvalue weighted by Crippen LogP contribution is 2.40. The van der Waals surface area contributed by atoms with Crippen molar-refractivity contribution in [2.45, 2.75) is 63.5 Å². The minimum absolute atomic E-state index is 0.0959. The van der Waals surface area contributed by atoms with E-state index in [9.17, 15) is 15.2 Å². The first-order valence-corrected chi connectivity index (χ1v) is 9.57. The fraction of sp³-hybridized carbons (Fsp3) is 0.650. The van der Waals surface area contributed by atoms with Crippen LogP contribution < -0.4 is 0 Å². The van der Waals surface area contributed by atoms with Crippen molar-refractivity contribution in [3.8, 4) is 6.07 Å². The number of carboxylic acid groups (broad SMARTS) is 1. The van der Waals surface area contributed by atoms with Crippen LogP contribution in [0.25, 0.3) is 0 Å². The van der Waals surface area contributed by atoms with Crippen LogP contribution in [-0.2, 0) is 5.41 Å². The van der Waals surface area contributed by atoms with Crippen molar-refractivity contribution in [1.29, 1.82) is 5.26 Å². The largest absolute Gasteiger partial charge is 0.465 e. The highest BCUT2D eigenvalue weighted by atomic mass is 16.4. The lowest BCUT2D eigenvalue weighted by Gasteiger charge is -2.39. The van der Waals surface area contributed by atoms with Crippen molar-refractivity contribution in [1.82, 2.24) is 14.8 Å². The van der Waals surface area contributed by atoms with Gasteiger partial charge in [0.2, 0.25) is 0 Å². The number of carbonyl (C=O) groups is 1. The van der Waals surface area contributed by atoms with Crippen molar-refractivity contribution < 1.29 is 9.90 Å². The van der Waals surface area contributed by atoms with Gasteiger partial charge < -0.3 is 10.0 Å². The minimum Gasteiger partial charge on any atom is -0.465 e. The summed E-state index contributed by atoms with van der Waals surface area (Å²) in [5.74, 6) is 0. The van der Waals surface area contributed by atoms with Gasteiger partial charge in [0.1, 0.15) is 0 Å². The van der Waals surface area contributed by atoms with Gasteiger partial charge in [-0.3, -0.25) is 9.88 Å². The Labute approximate surface area is 155 Å². The zero-order chi connectivity index (χ0) is 18.7. The Balaban J connectivity index is 1.64. The first-order chi connectivity index (χ1) is 12.5. The Morgan fingerprint density at radius 2 is 2.19 bits per heavy atom. The summed E-state index contributed by atoms with van der Waals surface area (Å²) in [6, 6.07) is 7.10. The predicted octanol–water partition coefficient (Wildman–Crippen LogP) is 3.17. The summed E-state index contributed by atoms with van der Waals surface area (Å²) in [4.78, 5) is 19.8. The molecule has 1 N–H and O–H groups in total. The summed E-state index contributed by atoms with van der Waals surface area (Å²) >= 11 is 0. The molecule has 0 bridgehead atoms. The second-order valence-corrected chi connectivity index (χ2v) is 7.65. The molecule has 140 valence electrons. The maximum atomic E-state index is 11.4. The lowest BCUT2D eigenvalue weighted by atomic mass is 9.70. The minimum atomic E-state index is -0.822. The molecule has 1 aliphatic heterocycles. The molecule has 6 heteroatoms. The average Bonchev–Trinajstić information content (AvgIpc) is 3.11. The number of likely N-dealkylation sites (N-methyl/N-ethyl adjacent to an activating group) is 1. The molecule has 1 atom stereocenters. The summed E-state index contributed by atoms with van der Waals surface area (Å²) in [6.07, 6.45) is 5.46. The SMILES string of the molecule is CCN(C(=O)O)[C@@H]1CCN(C2CCC(C#N)(c3cc(C)ccn3)CC2)C1. The number of hydrogen-bond donors (Lipinski definition) is 1.